The van der Waals surface area contributed by atoms with Gasteiger partial charge in [0.15, 0.2) is 0 Å². The van der Waals surface area contributed by atoms with Gasteiger partial charge in [0.2, 0.25) is 5.13 Å². The molecule has 178 valence electrons. The molecule has 5 rings (SSSR count). The molecule has 1 atom stereocenters. The second-order valence-electron chi connectivity index (χ2n) is 8.50. The molecule has 1 aliphatic heterocycles. The van der Waals surface area contributed by atoms with Crippen LogP contribution in [0.15, 0.2) is 96.0 Å². The lowest BCUT2D eigenvalue weighted by Crippen LogP contribution is -2.15. The maximum Gasteiger partial charge on any atom is 0.229 e. The Morgan fingerprint density at radius 1 is 0.971 bits per heavy atom. The average molecular weight is 503 g/mol. The molecule has 35 heavy (non-hydrogen) atoms. The fourth-order valence-corrected chi connectivity index (χ4v) is 5.26. The van der Waals surface area contributed by atoms with Crippen molar-refractivity contribution in [1.29, 1.82) is 0 Å². The van der Waals surface area contributed by atoms with E-state index >= 15 is 0 Å². The molecule has 10 heteroatoms. The minimum Gasteiger partial charge on any atom is -0.363 e. The molecule has 0 radical (unpaired) electrons. The van der Waals surface area contributed by atoms with Gasteiger partial charge in [0.05, 0.1) is 28.1 Å². The van der Waals surface area contributed by atoms with Crippen molar-refractivity contribution in [1.82, 2.24) is 4.98 Å². The number of rotatable bonds is 7. The first kappa shape index (κ1) is 23.4. The quantitative estimate of drug-likeness (QED) is 0.302. The van der Waals surface area contributed by atoms with Gasteiger partial charge in [0.1, 0.15) is 5.00 Å². The molecule has 3 heterocycles. The van der Waals surface area contributed by atoms with Crippen LogP contribution >= 0.6 is 22.7 Å². The Morgan fingerprint density at radius 3 is 2.63 bits per heavy atom. The first-order valence-electron chi connectivity index (χ1n) is 11.6. The molecule has 0 saturated carbocycles. The molecule has 0 spiro atoms. The number of benzene rings is 1. The second kappa shape index (κ2) is 10.9. The first-order chi connectivity index (χ1) is 17.1. The highest BCUT2D eigenvalue weighted by molar-refractivity contribution is 7.19. The Bertz CT molecular complexity index is 1310. The predicted octanol–water partition coefficient (Wildman–Crippen LogP) is 9.00. The fourth-order valence-electron chi connectivity index (χ4n) is 3.93. The van der Waals surface area contributed by atoms with Crippen LogP contribution in [-0.4, -0.2) is 24.1 Å². The average Bonchev–Trinajstić information content (AvgIpc) is 3.64. The Balaban J connectivity index is 1.19. The molecule has 2 aromatic heterocycles. The summed E-state index contributed by atoms with van der Waals surface area (Å²) in [5.41, 5.74) is 4.64. The number of anilines is 1. The molecule has 0 N–H and O–H groups in total. The van der Waals surface area contributed by atoms with Crippen molar-refractivity contribution in [2.75, 3.05) is 18.0 Å². The lowest BCUT2D eigenvalue weighted by Gasteiger charge is -2.13. The maximum atomic E-state index is 4.54. The van der Waals surface area contributed by atoms with E-state index in [1.165, 1.54) is 29.2 Å². The molecule has 0 amide bonds. The number of azo groups is 3. The molecule has 3 aromatic rings. The molecule has 8 nitrogen and oxygen atoms in total. The molecule has 1 aromatic carbocycles. The summed E-state index contributed by atoms with van der Waals surface area (Å²) in [6, 6.07) is 10.0. The summed E-state index contributed by atoms with van der Waals surface area (Å²) < 4.78 is 0. The summed E-state index contributed by atoms with van der Waals surface area (Å²) in [6.07, 6.45) is 8.99. The van der Waals surface area contributed by atoms with E-state index in [9.17, 15) is 0 Å². The van der Waals surface area contributed by atoms with Gasteiger partial charge in [-0.2, -0.15) is 10.2 Å². The third-order valence-corrected chi connectivity index (χ3v) is 7.53. The summed E-state index contributed by atoms with van der Waals surface area (Å²) >= 11 is 3.15. The van der Waals surface area contributed by atoms with Gasteiger partial charge >= 0.3 is 0 Å². The summed E-state index contributed by atoms with van der Waals surface area (Å²) in [5, 5.41) is 31.1. The Kier molecular flexibility index (Phi) is 7.29. The number of hydrogen-bond acceptors (Lipinski definition) is 10. The van der Waals surface area contributed by atoms with E-state index in [2.05, 4.69) is 53.6 Å². The minimum absolute atomic E-state index is 0.0174. The summed E-state index contributed by atoms with van der Waals surface area (Å²) in [5.74, 6) is 0. The van der Waals surface area contributed by atoms with Crippen molar-refractivity contribution in [3.8, 4) is 0 Å². The van der Waals surface area contributed by atoms with E-state index in [0.29, 0.717) is 5.13 Å². The largest absolute Gasteiger partial charge is 0.363 e. The van der Waals surface area contributed by atoms with E-state index < -0.39 is 0 Å². The van der Waals surface area contributed by atoms with E-state index in [4.69, 9.17) is 0 Å². The number of aromatic nitrogens is 1. The number of hydrogen-bond donors (Lipinski definition) is 0. The lowest BCUT2D eigenvalue weighted by molar-refractivity contribution is 0.737. The summed E-state index contributed by atoms with van der Waals surface area (Å²) in [6.45, 7) is 6.34. The molecule has 1 aliphatic carbocycles. The zero-order valence-electron chi connectivity index (χ0n) is 19.7. The van der Waals surface area contributed by atoms with E-state index in [0.717, 1.165) is 52.7 Å². The smallest absolute Gasteiger partial charge is 0.229 e. The zero-order chi connectivity index (χ0) is 24.0. The normalized spacial score (nSPS) is 18.8. The Labute approximate surface area is 212 Å². The molecule has 1 fully saturated rings. The van der Waals surface area contributed by atoms with Crippen molar-refractivity contribution < 1.29 is 0 Å². The number of nitrogens with zero attached hydrogens (tertiary/aromatic N) is 8. The molecule has 2 aliphatic rings. The van der Waals surface area contributed by atoms with Gasteiger partial charge in [-0.15, -0.1) is 31.8 Å². The van der Waals surface area contributed by atoms with Crippen LogP contribution in [0.25, 0.3) is 0 Å². The van der Waals surface area contributed by atoms with Crippen LogP contribution in [0, 0.1) is 6.92 Å². The number of aryl methyl sites for hydroxylation is 1. The Morgan fingerprint density at radius 2 is 1.86 bits per heavy atom. The van der Waals surface area contributed by atoms with E-state index in [-0.39, 0.29) is 6.04 Å². The van der Waals surface area contributed by atoms with Gasteiger partial charge in [0.25, 0.3) is 0 Å². The highest BCUT2D eigenvalue weighted by Gasteiger charge is 2.15. The third kappa shape index (κ3) is 6.01. The van der Waals surface area contributed by atoms with Gasteiger partial charge in [-0.3, -0.25) is 0 Å². The topological polar surface area (TPSA) is 90.3 Å². The second-order valence-corrected chi connectivity index (χ2v) is 10.4. The Hall–Kier alpha value is -3.37. The molecule has 1 saturated heterocycles. The molecular weight excluding hydrogens is 476 g/mol. The van der Waals surface area contributed by atoms with Crippen molar-refractivity contribution in [2.24, 2.45) is 30.7 Å². The number of thiazole rings is 1. The molecule has 0 bridgehead atoms. The standard InChI is InChI=1S/C25H26N8S2/c1-17-16-20(28-31-23-9-10-24(35-23)33-12-3-4-13-33)6-7-21(17)29-27-19-5-8-22(18(2)15-19)30-32-25-26-11-14-34-25/h5-11,14,16,19H,3-4,12-13,15H2,1-2H3. The van der Waals surface area contributed by atoms with Crippen molar-refractivity contribution in [3.63, 3.8) is 0 Å². The van der Waals surface area contributed by atoms with Crippen LogP contribution in [0.3, 0.4) is 0 Å². The SMILES string of the molecule is CC1=C(N=Nc2nccs2)C=CC(N=Nc2ccc(N=Nc3ccc(N4CCCC4)s3)cc2C)C1. The highest BCUT2D eigenvalue weighted by Crippen LogP contribution is 2.35. The third-order valence-electron chi connectivity index (χ3n) is 5.84. The van der Waals surface area contributed by atoms with Crippen molar-refractivity contribution in [2.45, 2.75) is 39.2 Å². The molecule has 1 unspecified atom stereocenters. The summed E-state index contributed by atoms with van der Waals surface area (Å²) in [4.78, 5) is 6.54. The zero-order valence-corrected chi connectivity index (χ0v) is 21.3. The monoisotopic (exact) mass is 502 g/mol. The van der Waals surface area contributed by atoms with Crippen molar-refractivity contribution >= 4 is 49.2 Å². The van der Waals surface area contributed by atoms with Crippen LogP contribution in [0.1, 0.15) is 31.7 Å². The van der Waals surface area contributed by atoms with Gasteiger partial charge in [-0.05, 0) is 80.7 Å². The maximum absolute atomic E-state index is 4.54. The van der Waals surface area contributed by atoms with Gasteiger partial charge in [-0.1, -0.05) is 17.4 Å². The van der Waals surface area contributed by atoms with Crippen LogP contribution < -0.4 is 4.90 Å². The van der Waals surface area contributed by atoms with E-state index in [1.807, 2.05) is 48.7 Å². The van der Waals surface area contributed by atoms with E-state index in [1.54, 1.807) is 17.5 Å². The fraction of sp³-hybridized carbons (Fsp3) is 0.320. The van der Waals surface area contributed by atoms with Crippen molar-refractivity contribution in [3.05, 3.63) is 70.9 Å². The van der Waals surface area contributed by atoms with Crippen LogP contribution in [0.5, 0.6) is 0 Å². The van der Waals surface area contributed by atoms with Gasteiger partial charge in [0, 0.05) is 24.7 Å². The minimum atomic E-state index is -0.0174. The first-order valence-corrected chi connectivity index (χ1v) is 13.3. The number of thiophene rings is 1. The van der Waals surface area contributed by atoms with Crippen LogP contribution in [0.4, 0.5) is 26.5 Å². The van der Waals surface area contributed by atoms with Crippen LogP contribution in [-0.2, 0) is 0 Å². The number of allylic oxidation sites excluding steroid dienone is 1. The van der Waals surface area contributed by atoms with Gasteiger partial charge < -0.3 is 4.90 Å². The van der Waals surface area contributed by atoms with Gasteiger partial charge in [-0.25, -0.2) is 4.98 Å². The molecular formula is C25H26N8S2. The summed E-state index contributed by atoms with van der Waals surface area (Å²) in [7, 11) is 0. The predicted molar refractivity (Wildman–Crippen MR) is 143 cm³/mol. The van der Waals surface area contributed by atoms with Crippen LogP contribution in [0.2, 0.25) is 0 Å². The highest BCUT2D eigenvalue weighted by atomic mass is 32.1. The lowest BCUT2D eigenvalue weighted by atomic mass is 10.0.